The number of nitrogens with zero attached hydrogens (tertiary/aromatic N) is 3. The third kappa shape index (κ3) is 3.69. The fraction of sp³-hybridized carbons (Fsp3) is 0.0667. The Balaban J connectivity index is 1.74. The predicted octanol–water partition coefficient (Wildman–Crippen LogP) is 2.65. The predicted molar refractivity (Wildman–Crippen MR) is 89.5 cm³/mol. The Morgan fingerprint density at radius 3 is 2.75 bits per heavy atom. The highest BCUT2D eigenvalue weighted by Crippen LogP contribution is 2.20. The van der Waals surface area contributed by atoms with Crippen LogP contribution in [-0.2, 0) is 16.6 Å². The van der Waals surface area contributed by atoms with E-state index in [2.05, 4.69) is 30.7 Å². The highest BCUT2D eigenvalue weighted by molar-refractivity contribution is 9.10. The summed E-state index contributed by atoms with van der Waals surface area (Å²) in [5.41, 5.74) is 0.643. The van der Waals surface area contributed by atoms with Gasteiger partial charge in [-0.25, -0.2) is 27.2 Å². The highest BCUT2D eigenvalue weighted by atomic mass is 79.9. The van der Waals surface area contributed by atoms with Crippen LogP contribution in [0.25, 0.3) is 5.82 Å². The summed E-state index contributed by atoms with van der Waals surface area (Å²) in [6.07, 6.45) is 4.92. The van der Waals surface area contributed by atoms with E-state index in [1.165, 1.54) is 18.3 Å². The molecule has 0 saturated heterocycles. The minimum Gasteiger partial charge on any atom is -0.237 e. The van der Waals surface area contributed by atoms with Gasteiger partial charge < -0.3 is 0 Å². The molecule has 0 spiro atoms. The van der Waals surface area contributed by atoms with Crippen molar-refractivity contribution in [3.63, 3.8) is 0 Å². The van der Waals surface area contributed by atoms with Gasteiger partial charge in [-0.2, -0.15) is 5.10 Å². The first-order valence-electron chi connectivity index (χ1n) is 6.85. The molecule has 0 aliphatic heterocycles. The molecule has 3 aromatic rings. The molecule has 0 unspecified atom stereocenters. The summed E-state index contributed by atoms with van der Waals surface area (Å²) in [6.45, 7) is 0.000668. The van der Waals surface area contributed by atoms with E-state index in [0.29, 0.717) is 15.9 Å². The zero-order chi connectivity index (χ0) is 17.2. The molecule has 2 heterocycles. The lowest BCUT2D eigenvalue weighted by Crippen LogP contribution is -2.24. The zero-order valence-electron chi connectivity index (χ0n) is 12.2. The first-order valence-corrected chi connectivity index (χ1v) is 9.13. The second-order valence-electron chi connectivity index (χ2n) is 4.87. The standard InChI is InChI=1S/C15H12BrFN4O2S/c16-12-3-4-13(17)14(8-12)24(22,23)20-10-11-2-5-15(18-9-11)21-7-1-6-19-21/h1-9,20H,10H2. The SMILES string of the molecule is O=S(=O)(NCc1ccc(-n2cccn2)nc1)c1cc(Br)ccc1F. The lowest BCUT2D eigenvalue weighted by atomic mass is 10.3. The maximum atomic E-state index is 13.7. The van der Waals surface area contributed by atoms with Crippen LogP contribution in [0.1, 0.15) is 5.56 Å². The number of rotatable bonds is 5. The molecule has 24 heavy (non-hydrogen) atoms. The number of benzene rings is 1. The molecular weight excluding hydrogens is 399 g/mol. The summed E-state index contributed by atoms with van der Waals surface area (Å²) in [5, 5.41) is 4.06. The van der Waals surface area contributed by atoms with Crippen LogP contribution in [0.2, 0.25) is 0 Å². The Morgan fingerprint density at radius 1 is 1.25 bits per heavy atom. The highest BCUT2D eigenvalue weighted by Gasteiger charge is 2.19. The molecule has 3 rings (SSSR count). The number of pyridine rings is 1. The normalized spacial score (nSPS) is 11.6. The quantitative estimate of drug-likeness (QED) is 0.701. The molecule has 0 amide bonds. The van der Waals surface area contributed by atoms with Gasteiger partial charge in [0.05, 0.1) is 0 Å². The molecule has 1 N–H and O–H groups in total. The number of hydrogen-bond donors (Lipinski definition) is 1. The second-order valence-corrected chi connectivity index (χ2v) is 7.53. The van der Waals surface area contributed by atoms with Crippen molar-refractivity contribution in [3.8, 4) is 5.82 Å². The lowest BCUT2D eigenvalue weighted by Gasteiger charge is -2.08. The number of nitrogens with one attached hydrogen (secondary N) is 1. The van der Waals surface area contributed by atoms with Gasteiger partial charge in [-0.15, -0.1) is 0 Å². The van der Waals surface area contributed by atoms with Gasteiger partial charge in [0, 0.05) is 29.6 Å². The number of sulfonamides is 1. The number of halogens is 2. The van der Waals surface area contributed by atoms with Crippen LogP contribution in [-0.4, -0.2) is 23.2 Å². The molecule has 6 nitrogen and oxygen atoms in total. The second kappa shape index (κ2) is 6.80. The van der Waals surface area contributed by atoms with Gasteiger partial charge in [-0.05, 0) is 35.9 Å². The van der Waals surface area contributed by atoms with Crippen LogP contribution in [0, 0.1) is 5.82 Å². The van der Waals surface area contributed by atoms with Crippen molar-refractivity contribution >= 4 is 26.0 Å². The van der Waals surface area contributed by atoms with Crippen molar-refractivity contribution in [2.24, 2.45) is 0 Å². The summed E-state index contributed by atoms with van der Waals surface area (Å²) >= 11 is 3.13. The van der Waals surface area contributed by atoms with Gasteiger partial charge in [0.25, 0.3) is 0 Å². The van der Waals surface area contributed by atoms with E-state index in [9.17, 15) is 12.8 Å². The van der Waals surface area contributed by atoms with Crippen LogP contribution in [0.4, 0.5) is 4.39 Å². The summed E-state index contributed by atoms with van der Waals surface area (Å²) < 4.78 is 42.6. The lowest BCUT2D eigenvalue weighted by molar-refractivity contribution is 0.556. The van der Waals surface area contributed by atoms with Crippen molar-refractivity contribution in [1.29, 1.82) is 0 Å². The van der Waals surface area contributed by atoms with Crippen LogP contribution >= 0.6 is 15.9 Å². The Labute approximate surface area is 146 Å². The van der Waals surface area contributed by atoms with Gasteiger partial charge in [-0.1, -0.05) is 22.0 Å². The largest absolute Gasteiger partial charge is 0.243 e. The van der Waals surface area contributed by atoms with E-state index in [0.717, 1.165) is 6.07 Å². The molecule has 0 aliphatic rings. The Kier molecular flexibility index (Phi) is 4.74. The van der Waals surface area contributed by atoms with Crippen LogP contribution in [0.15, 0.2) is 64.4 Å². The van der Waals surface area contributed by atoms with Gasteiger partial charge in [0.1, 0.15) is 10.7 Å². The van der Waals surface area contributed by atoms with Gasteiger partial charge in [-0.3, -0.25) is 0 Å². The number of hydrogen-bond acceptors (Lipinski definition) is 4. The van der Waals surface area contributed by atoms with Gasteiger partial charge >= 0.3 is 0 Å². The molecule has 0 bridgehead atoms. The summed E-state index contributed by atoms with van der Waals surface area (Å²) in [4.78, 5) is 3.81. The zero-order valence-corrected chi connectivity index (χ0v) is 14.6. The molecule has 124 valence electrons. The molecule has 0 saturated carbocycles. The molecule has 1 aromatic carbocycles. The average molecular weight is 411 g/mol. The maximum Gasteiger partial charge on any atom is 0.243 e. The maximum absolute atomic E-state index is 13.7. The first-order chi connectivity index (χ1) is 11.5. The first kappa shape index (κ1) is 16.7. The minimum absolute atomic E-state index is 0.000668. The third-order valence-electron chi connectivity index (χ3n) is 3.20. The summed E-state index contributed by atoms with van der Waals surface area (Å²) in [5.74, 6) is -0.192. The van der Waals surface area contributed by atoms with E-state index in [4.69, 9.17) is 0 Å². The van der Waals surface area contributed by atoms with E-state index >= 15 is 0 Å². The fourth-order valence-electron chi connectivity index (χ4n) is 2.00. The average Bonchev–Trinajstić information content (AvgIpc) is 3.10. The van der Waals surface area contributed by atoms with Crippen LogP contribution in [0.5, 0.6) is 0 Å². The van der Waals surface area contributed by atoms with E-state index in [1.54, 1.807) is 35.3 Å². The topological polar surface area (TPSA) is 76.9 Å². The van der Waals surface area contributed by atoms with Crippen LogP contribution in [0.3, 0.4) is 0 Å². The van der Waals surface area contributed by atoms with Gasteiger partial charge in [0.15, 0.2) is 5.82 Å². The Bertz CT molecular complexity index is 944. The molecule has 9 heteroatoms. The molecule has 0 radical (unpaired) electrons. The smallest absolute Gasteiger partial charge is 0.237 e. The van der Waals surface area contributed by atoms with Crippen molar-refractivity contribution in [1.82, 2.24) is 19.5 Å². The fourth-order valence-corrected chi connectivity index (χ4v) is 3.63. The molecule has 2 aromatic heterocycles. The Morgan fingerprint density at radius 2 is 2.08 bits per heavy atom. The number of aromatic nitrogens is 3. The van der Waals surface area contributed by atoms with E-state index in [-0.39, 0.29) is 6.54 Å². The van der Waals surface area contributed by atoms with Crippen LogP contribution < -0.4 is 4.72 Å². The minimum atomic E-state index is -3.97. The third-order valence-corrected chi connectivity index (χ3v) is 5.11. The molecular formula is C15H12BrFN4O2S. The molecule has 0 fully saturated rings. The van der Waals surface area contributed by atoms with Gasteiger partial charge in [0.2, 0.25) is 10.0 Å². The molecule has 0 aliphatic carbocycles. The van der Waals surface area contributed by atoms with Crippen molar-refractivity contribution < 1.29 is 12.8 Å². The Hall–Kier alpha value is -2.10. The van der Waals surface area contributed by atoms with Crippen molar-refractivity contribution in [2.45, 2.75) is 11.4 Å². The van der Waals surface area contributed by atoms with Crippen molar-refractivity contribution in [3.05, 3.63) is 70.8 Å². The van der Waals surface area contributed by atoms with E-state index in [1.807, 2.05) is 0 Å². The summed E-state index contributed by atoms with van der Waals surface area (Å²) in [6, 6.07) is 8.97. The monoisotopic (exact) mass is 410 g/mol. The molecule has 0 atom stereocenters. The summed E-state index contributed by atoms with van der Waals surface area (Å²) in [7, 11) is -3.97. The van der Waals surface area contributed by atoms with E-state index < -0.39 is 20.7 Å². The van der Waals surface area contributed by atoms with Crippen molar-refractivity contribution in [2.75, 3.05) is 0 Å².